The van der Waals surface area contributed by atoms with Gasteiger partial charge in [-0.05, 0) is 43.7 Å². The Morgan fingerprint density at radius 2 is 2.08 bits per heavy atom. The molecular formula is C20H18N2O4. The van der Waals surface area contributed by atoms with Gasteiger partial charge in [0.2, 0.25) is 5.91 Å². The van der Waals surface area contributed by atoms with Gasteiger partial charge < -0.3 is 19.8 Å². The van der Waals surface area contributed by atoms with Crippen LogP contribution < -0.4 is 15.4 Å². The van der Waals surface area contributed by atoms with Crippen molar-refractivity contribution < 1.29 is 18.7 Å². The van der Waals surface area contributed by atoms with Crippen LogP contribution in [-0.2, 0) is 16.0 Å². The normalized spacial score (nSPS) is 15.9. The molecule has 1 aliphatic rings. The number of hydrogen-bond donors (Lipinski definition) is 2. The molecule has 1 aliphatic heterocycles. The highest BCUT2D eigenvalue weighted by Gasteiger charge is 2.23. The molecule has 0 saturated heterocycles. The maximum atomic E-state index is 12.4. The standard InChI is InChI=1S/C20H18N2O4/c1-11-3-5-15-13(10-25-18(15)7-11)8-19(23)21-14-4-6-17-16(9-14)22-20(24)12(2)26-17/h3-7,9-10,12H,8H2,1-2H3,(H,21,23)(H,22,24). The summed E-state index contributed by atoms with van der Waals surface area (Å²) in [5, 5.41) is 6.55. The quantitative estimate of drug-likeness (QED) is 0.756. The lowest BCUT2D eigenvalue weighted by Crippen LogP contribution is -2.34. The van der Waals surface area contributed by atoms with Crippen LogP contribution in [0.2, 0.25) is 0 Å². The molecule has 6 heteroatoms. The predicted molar refractivity (Wildman–Crippen MR) is 98.4 cm³/mol. The zero-order valence-electron chi connectivity index (χ0n) is 14.5. The third-order valence-electron chi connectivity index (χ3n) is 4.36. The van der Waals surface area contributed by atoms with Crippen molar-refractivity contribution in [3.8, 4) is 5.75 Å². The molecular weight excluding hydrogens is 332 g/mol. The molecule has 0 saturated carbocycles. The summed E-state index contributed by atoms with van der Waals surface area (Å²) < 4.78 is 11.0. The van der Waals surface area contributed by atoms with Crippen molar-refractivity contribution in [3.05, 3.63) is 53.8 Å². The number of ether oxygens (including phenoxy) is 1. The Morgan fingerprint density at radius 1 is 1.23 bits per heavy atom. The zero-order valence-corrected chi connectivity index (χ0v) is 14.5. The van der Waals surface area contributed by atoms with Crippen molar-refractivity contribution in [1.82, 2.24) is 0 Å². The maximum Gasteiger partial charge on any atom is 0.265 e. The van der Waals surface area contributed by atoms with E-state index in [1.165, 1.54) is 0 Å². The van der Waals surface area contributed by atoms with Crippen molar-refractivity contribution in [3.63, 3.8) is 0 Å². The lowest BCUT2D eigenvalue weighted by Gasteiger charge is -2.23. The molecule has 1 aromatic heterocycles. The van der Waals surface area contributed by atoms with Gasteiger partial charge in [-0.15, -0.1) is 0 Å². The Labute approximate surface area is 150 Å². The average Bonchev–Trinajstić information content (AvgIpc) is 2.98. The van der Waals surface area contributed by atoms with E-state index in [4.69, 9.17) is 9.15 Å². The lowest BCUT2D eigenvalue weighted by atomic mass is 10.1. The number of amides is 2. The molecule has 2 heterocycles. The molecule has 2 aromatic carbocycles. The van der Waals surface area contributed by atoms with Crippen molar-refractivity contribution >= 4 is 34.2 Å². The summed E-state index contributed by atoms with van der Waals surface area (Å²) in [4.78, 5) is 24.1. The number of rotatable bonds is 3. The van der Waals surface area contributed by atoms with Crippen molar-refractivity contribution in [1.29, 1.82) is 0 Å². The molecule has 0 bridgehead atoms. The van der Waals surface area contributed by atoms with E-state index in [1.54, 1.807) is 31.4 Å². The Morgan fingerprint density at radius 3 is 2.92 bits per heavy atom. The summed E-state index contributed by atoms with van der Waals surface area (Å²) in [6.45, 7) is 3.68. The number of carbonyl (C=O) groups is 2. The van der Waals surface area contributed by atoms with Crippen molar-refractivity contribution in [2.24, 2.45) is 0 Å². The van der Waals surface area contributed by atoms with E-state index in [0.29, 0.717) is 17.1 Å². The third kappa shape index (κ3) is 3.01. The second-order valence-corrected chi connectivity index (χ2v) is 6.45. The SMILES string of the molecule is Cc1ccc2c(CC(=O)Nc3ccc4c(c3)NC(=O)C(C)O4)coc2c1. The molecule has 2 N–H and O–H groups in total. The minimum atomic E-state index is -0.527. The van der Waals surface area contributed by atoms with E-state index in [1.807, 2.05) is 25.1 Å². The largest absolute Gasteiger partial charge is 0.479 e. The smallest absolute Gasteiger partial charge is 0.265 e. The topological polar surface area (TPSA) is 80.6 Å². The summed E-state index contributed by atoms with van der Waals surface area (Å²) in [5.41, 5.74) is 3.86. The Kier molecular flexibility index (Phi) is 3.88. The highest BCUT2D eigenvalue weighted by Crippen LogP contribution is 2.32. The van der Waals surface area contributed by atoms with Gasteiger partial charge in [0.25, 0.3) is 5.91 Å². The summed E-state index contributed by atoms with van der Waals surface area (Å²) in [6.07, 6.45) is 1.29. The van der Waals surface area contributed by atoms with Gasteiger partial charge in [-0.2, -0.15) is 0 Å². The Bertz CT molecular complexity index is 1020. The van der Waals surface area contributed by atoms with Gasteiger partial charge in [-0.25, -0.2) is 0 Å². The molecule has 3 aromatic rings. The number of hydrogen-bond acceptors (Lipinski definition) is 4. The molecule has 132 valence electrons. The van der Waals surface area contributed by atoms with Gasteiger partial charge in [0.15, 0.2) is 6.10 Å². The van der Waals surface area contributed by atoms with Gasteiger partial charge in [0.1, 0.15) is 11.3 Å². The van der Waals surface area contributed by atoms with Gasteiger partial charge >= 0.3 is 0 Å². The van der Waals surface area contributed by atoms with Crippen LogP contribution in [-0.4, -0.2) is 17.9 Å². The van der Waals surface area contributed by atoms with E-state index in [-0.39, 0.29) is 18.2 Å². The van der Waals surface area contributed by atoms with Crippen LogP contribution in [0.25, 0.3) is 11.0 Å². The minimum Gasteiger partial charge on any atom is -0.479 e. The van der Waals surface area contributed by atoms with Crippen LogP contribution in [0.3, 0.4) is 0 Å². The minimum absolute atomic E-state index is 0.162. The van der Waals surface area contributed by atoms with Gasteiger partial charge in [-0.1, -0.05) is 12.1 Å². The number of carbonyl (C=O) groups excluding carboxylic acids is 2. The zero-order chi connectivity index (χ0) is 18.3. The van der Waals surface area contributed by atoms with Crippen LogP contribution in [0, 0.1) is 6.92 Å². The number of aryl methyl sites for hydroxylation is 1. The van der Waals surface area contributed by atoms with E-state index in [9.17, 15) is 9.59 Å². The number of furan rings is 1. The van der Waals surface area contributed by atoms with Crippen molar-refractivity contribution in [2.75, 3.05) is 10.6 Å². The number of benzene rings is 2. The summed E-state index contributed by atoms with van der Waals surface area (Å²) >= 11 is 0. The molecule has 2 amide bonds. The summed E-state index contributed by atoms with van der Waals surface area (Å²) in [5.74, 6) is 0.220. The monoisotopic (exact) mass is 350 g/mol. The Hall–Kier alpha value is -3.28. The molecule has 0 radical (unpaired) electrons. The molecule has 0 spiro atoms. The van der Waals surface area contributed by atoms with Gasteiger partial charge in [-0.3, -0.25) is 9.59 Å². The fourth-order valence-corrected chi connectivity index (χ4v) is 2.99. The first-order chi connectivity index (χ1) is 12.5. The van der Waals surface area contributed by atoms with Crippen LogP contribution in [0.15, 0.2) is 47.1 Å². The van der Waals surface area contributed by atoms with Crippen LogP contribution >= 0.6 is 0 Å². The first-order valence-electron chi connectivity index (χ1n) is 8.38. The Balaban J connectivity index is 1.50. The van der Waals surface area contributed by atoms with Gasteiger partial charge in [0.05, 0.1) is 18.4 Å². The fraction of sp³-hybridized carbons (Fsp3) is 0.200. The molecule has 1 atom stereocenters. The lowest BCUT2D eigenvalue weighted by molar-refractivity contribution is -0.122. The summed E-state index contributed by atoms with van der Waals surface area (Å²) in [6, 6.07) is 11.1. The van der Waals surface area contributed by atoms with Crippen molar-refractivity contribution in [2.45, 2.75) is 26.4 Å². The highest BCUT2D eigenvalue weighted by atomic mass is 16.5. The van der Waals surface area contributed by atoms with Crippen LogP contribution in [0.5, 0.6) is 5.75 Å². The summed E-state index contributed by atoms with van der Waals surface area (Å²) in [7, 11) is 0. The number of anilines is 2. The molecule has 0 fully saturated rings. The highest BCUT2D eigenvalue weighted by molar-refractivity contribution is 6.00. The first-order valence-corrected chi connectivity index (χ1v) is 8.38. The van der Waals surface area contributed by atoms with E-state index < -0.39 is 6.10 Å². The second kappa shape index (κ2) is 6.22. The molecule has 4 rings (SSSR count). The predicted octanol–water partition coefficient (Wildman–Crippen LogP) is 3.64. The molecule has 1 unspecified atom stereocenters. The number of nitrogens with one attached hydrogen (secondary N) is 2. The van der Waals surface area contributed by atoms with E-state index in [0.717, 1.165) is 22.1 Å². The molecule has 26 heavy (non-hydrogen) atoms. The van der Waals surface area contributed by atoms with Crippen LogP contribution in [0.4, 0.5) is 11.4 Å². The molecule has 0 aliphatic carbocycles. The second-order valence-electron chi connectivity index (χ2n) is 6.45. The van der Waals surface area contributed by atoms with E-state index in [2.05, 4.69) is 10.6 Å². The van der Waals surface area contributed by atoms with Crippen LogP contribution in [0.1, 0.15) is 18.1 Å². The maximum absolute atomic E-state index is 12.4. The number of fused-ring (bicyclic) bond motifs is 2. The third-order valence-corrected chi connectivity index (χ3v) is 4.36. The fourth-order valence-electron chi connectivity index (χ4n) is 2.99. The molecule has 6 nitrogen and oxygen atoms in total. The first kappa shape index (κ1) is 16.2. The van der Waals surface area contributed by atoms with Gasteiger partial charge in [0, 0.05) is 16.6 Å². The van der Waals surface area contributed by atoms with E-state index >= 15 is 0 Å². The average molecular weight is 350 g/mol.